The molecular formula is C12H17N3O3S. The van der Waals surface area contributed by atoms with Crippen LogP contribution in [0.1, 0.15) is 23.2 Å². The maximum Gasteiger partial charge on any atom is 0.250 e. The van der Waals surface area contributed by atoms with Crippen LogP contribution in [0, 0.1) is 0 Å². The molecule has 19 heavy (non-hydrogen) atoms. The number of benzene rings is 1. The molecule has 0 spiro atoms. The van der Waals surface area contributed by atoms with Gasteiger partial charge in [-0.05, 0) is 31.0 Å². The van der Waals surface area contributed by atoms with Gasteiger partial charge in [0.05, 0.1) is 17.1 Å². The van der Waals surface area contributed by atoms with E-state index in [1.54, 1.807) is 12.1 Å². The summed E-state index contributed by atoms with van der Waals surface area (Å²) >= 11 is 0. The lowest BCUT2D eigenvalue weighted by atomic mass is 10.1. The van der Waals surface area contributed by atoms with Crippen molar-refractivity contribution in [2.45, 2.75) is 18.9 Å². The number of nitrogens with two attached hydrogens (primary N) is 2. The average molecular weight is 283 g/mol. The maximum atomic E-state index is 11.6. The summed E-state index contributed by atoms with van der Waals surface area (Å²) in [5.74, 6) is -0.279. The fourth-order valence-corrected chi connectivity index (χ4v) is 3.88. The molecule has 0 bridgehead atoms. The number of carbonyl (C=O) groups excluding carboxylic acids is 1. The largest absolute Gasteiger partial charge is 0.399 e. The molecule has 0 aromatic heterocycles. The van der Waals surface area contributed by atoms with Gasteiger partial charge in [-0.1, -0.05) is 0 Å². The predicted octanol–water partition coefficient (Wildman–Crippen LogP) is 0.357. The smallest absolute Gasteiger partial charge is 0.250 e. The molecule has 7 heteroatoms. The van der Waals surface area contributed by atoms with Crippen LogP contribution in [0.15, 0.2) is 18.2 Å². The van der Waals surface area contributed by atoms with Crippen molar-refractivity contribution in [3.63, 3.8) is 0 Å². The van der Waals surface area contributed by atoms with Crippen molar-refractivity contribution in [2.75, 3.05) is 22.6 Å². The van der Waals surface area contributed by atoms with E-state index in [4.69, 9.17) is 11.5 Å². The topological polar surface area (TPSA) is 115 Å². The average Bonchev–Trinajstić information content (AvgIpc) is 2.30. The molecule has 1 saturated heterocycles. The highest BCUT2D eigenvalue weighted by atomic mass is 32.2. The number of sulfone groups is 1. The summed E-state index contributed by atoms with van der Waals surface area (Å²) in [7, 11) is -3.00. The zero-order chi connectivity index (χ0) is 14.0. The number of hydrogen-bond acceptors (Lipinski definition) is 5. The summed E-state index contributed by atoms with van der Waals surface area (Å²) < 4.78 is 23.1. The van der Waals surface area contributed by atoms with Crippen LogP contribution in [0.3, 0.4) is 0 Å². The molecule has 1 heterocycles. The highest BCUT2D eigenvalue weighted by molar-refractivity contribution is 7.91. The molecule has 0 aliphatic carbocycles. The lowest BCUT2D eigenvalue weighted by Gasteiger charge is -2.25. The van der Waals surface area contributed by atoms with Gasteiger partial charge in [0.15, 0.2) is 9.84 Å². The summed E-state index contributed by atoms with van der Waals surface area (Å²) in [6.45, 7) is 0. The Bertz CT molecular complexity index is 598. The second kappa shape index (κ2) is 5.08. The zero-order valence-electron chi connectivity index (χ0n) is 10.4. The van der Waals surface area contributed by atoms with Crippen LogP contribution in [0.25, 0.3) is 0 Å². The van der Waals surface area contributed by atoms with Crippen molar-refractivity contribution in [1.29, 1.82) is 0 Å². The SMILES string of the molecule is NC(=O)c1cc(N)ccc1NC1CCCS(=O)(=O)C1. The Morgan fingerprint density at radius 1 is 1.37 bits per heavy atom. The van der Waals surface area contributed by atoms with E-state index in [0.717, 1.165) is 6.42 Å². The van der Waals surface area contributed by atoms with E-state index in [2.05, 4.69) is 5.32 Å². The van der Waals surface area contributed by atoms with E-state index >= 15 is 0 Å². The van der Waals surface area contributed by atoms with Crippen molar-refractivity contribution in [3.8, 4) is 0 Å². The van der Waals surface area contributed by atoms with Crippen LogP contribution < -0.4 is 16.8 Å². The van der Waals surface area contributed by atoms with E-state index in [1.165, 1.54) is 6.07 Å². The summed E-state index contributed by atoms with van der Waals surface area (Å²) in [5.41, 5.74) is 12.2. The van der Waals surface area contributed by atoms with Crippen LogP contribution in [-0.4, -0.2) is 31.9 Å². The van der Waals surface area contributed by atoms with Crippen LogP contribution in [0.5, 0.6) is 0 Å². The fourth-order valence-electron chi connectivity index (χ4n) is 2.25. The Labute approximate surface area is 112 Å². The third-order valence-corrected chi connectivity index (χ3v) is 4.95. The normalized spacial score (nSPS) is 21.8. The Hall–Kier alpha value is -1.76. The van der Waals surface area contributed by atoms with E-state index in [0.29, 0.717) is 17.8 Å². The third kappa shape index (κ3) is 3.37. The number of amides is 1. The van der Waals surface area contributed by atoms with Crippen molar-refractivity contribution in [3.05, 3.63) is 23.8 Å². The minimum absolute atomic E-state index is 0.0789. The molecular weight excluding hydrogens is 266 g/mol. The fraction of sp³-hybridized carbons (Fsp3) is 0.417. The van der Waals surface area contributed by atoms with Crippen molar-refractivity contribution in [2.24, 2.45) is 5.73 Å². The summed E-state index contributed by atoms with van der Waals surface area (Å²) in [6, 6.07) is 4.59. The van der Waals surface area contributed by atoms with Gasteiger partial charge in [-0.2, -0.15) is 0 Å². The van der Waals surface area contributed by atoms with Gasteiger partial charge in [-0.15, -0.1) is 0 Å². The second-order valence-electron chi connectivity index (χ2n) is 4.77. The Kier molecular flexibility index (Phi) is 3.66. The highest BCUT2D eigenvalue weighted by Crippen LogP contribution is 2.22. The summed E-state index contributed by atoms with van der Waals surface area (Å²) in [4.78, 5) is 11.4. The van der Waals surface area contributed by atoms with Crippen molar-refractivity contribution in [1.82, 2.24) is 0 Å². The lowest BCUT2D eigenvalue weighted by molar-refractivity contribution is 0.100. The number of rotatable bonds is 3. The molecule has 5 N–H and O–H groups in total. The van der Waals surface area contributed by atoms with E-state index < -0.39 is 15.7 Å². The van der Waals surface area contributed by atoms with Gasteiger partial charge >= 0.3 is 0 Å². The van der Waals surface area contributed by atoms with Crippen LogP contribution in [0.4, 0.5) is 11.4 Å². The molecule has 1 atom stereocenters. The third-order valence-electron chi connectivity index (χ3n) is 3.13. The van der Waals surface area contributed by atoms with Gasteiger partial charge < -0.3 is 16.8 Å². The first kappa shape index (κ1) is 13.7. The van der Waals surface area contributed by atoms with Crippen LogP contribution in [0.2, 0.25) is 0 Å². The molecule has 1 aliphatic rings. The number of nitrogen functional groups attached to an aromatic ring is 1. The van der Waals surface area contributed by atoms with Crippen LogP contribution >= 0.6 is 0 Å². The molecule has 1 aliphatic heterocycles. The predicted molar refractivity (Wildman–Crippen MR) is 74.7 cm³/mol. The van der Waals surface area contributed by atoms with Crippen molar-refractivity contribution >= 4 is 27.1 Å². The van der Waals surface area contributed by atoms with E-state index in [-0.39, 0.29) is 23.1 Å². The van der Waals surface area contributed by atoms with Gasteiger partial charge in [-0.3, -0.25) is 4.79 Å². The van der Waals surface area contributed by atoms with Gasteiger partial charge in [0, 0.05) is 17.4 Å². The number of nitrogens with one attached hydrogen (secondary N) is 1. The summed E-state index contributed by atoms with van der Waals surface area (Å²) in [5, 5.41) is 3.08. The van der Waals surface area contributed by atoms with Crippen LogP contribution in [-0.2, 0) is 9.84 Å². The molecule has 0 saturated carbocycles. The van der Waals surface area contributed by atoms with Crippen molar-refractivity contribution < 1.29 is 13.2 Å². The molecule has 104 valence electrons. The first-order chi connectivity index (χ1) is 8.87. The minimum Gasteiger partial charge on any atom is -0.399 e. The van der Waals surface area contributed by atoms with Gasteiger partial charge in [0.1, 0.15) is 0 Å². The Balaban J connectivity index is 2.21. The molecule has 1 unspecified atom stereocenters. The van der Waals surface area contributed by atoms with E-state index in [9.17, 15) is 13.2 Å². The highest BCUT2D eigenvalue weighted by Gasteiger charge is 2.25. The molecule has 1 aromatic rings. The molecule has 6 nitrogen and oxygen atoms in total. The zero-order valence-corrected chi connectivity index (χ0v) is 11.2. The second-order valence-corrected chi connectivity index (χ2v) is 7.00. The monoisotopic (exact) mass is 283 g/mol. The number of primary amides is 1. The lowest BCUT2D eigenvalue weighted by Crippen LogP contribution is -2.35. The quantitative estimate of drug-likeness (QED) is 0.693. The Morgan fingerprint density at radius 2 is 2.11 bits per heavy atom. The number of anilines is 2. The number of hydrogen-bond donors (Lipinski definition) is 3. The Morgan fingerprint density at radius 3 is 2.74 bits per heavy atom. The first-order valence-corrected chi connectivity index (χ1v) is 7.86. The minimum atomic E-state index is -3.00. The maximum absolute atomic E-state index is 11.6. The summed E-state index contributed by atoms with van der Waals surface area (Å²) in [6.07, 6.45) is 1.38. The molecule has 1 fully saturated rings. The standard InChI is InChI=1S/C12H17N3O3S/c13-8-3-4-11(10(6-8)12(14)16)15-9-2-1-5-19(17,18)7-9/h3-4,6,9,15H,1-2,5,7,13H2,(H2,14,16). The van der Waals surface area contributed by atoms with Gasteiger partial charge in [0.2, 0.25) is 0 Å². The molecule has 2 rings (SSSR count). The molecule has 1 aromatic carbocycles. The first-order valence-electron chi connectivity index (χ1n) is 6.04. The molecule has 0 radical (unpaired) electrons. The van der Waals surface area contributed by atoms with Gasteiger partial charge in [0.25, 0.3) is 5.91 Å². The number of carbonyl (C=O) groups is 1. The van der Waals surface area contributed by atoms with Gasteiger partial charge in [-0.25, -0.2) is 8.42 Å². The molecule has 1 amide bonds. The van der Waals surface area contributed by atoms with E-state index in [1.807, 2.05) is 0 Å².